The molecule has 0 spiro atoms. The van der Waals surface area contributed by atoms with Crippen LogP contribution in [0.25, 0.3) is 0 Å². The van der Waals surface area contributed by atoms with Gasteiger partial charge in [-0.3, -0.25) is 9.59 Å². The van der Waals surface area contributed by atoms with Gasteiger partial charge in [0.25, 0.3) is 0 Å². The van der Waals surface area contributed by atoms with E-state index < -0.39 is 18.1 Å². The first-order valence-electron chi connectivity index (χ1n) is 22.0. The van der Waals surface area contributed by atoms with Gasteiger partial charge >= 0.3 is 11.9 Å². The van der Waals surface area contributed by atoms with Gasteiger partial charge in [-0.15, -0.1) is 0 Å². The lowest BCUT2D eigenvalue weighted by atomic mass is 10.1. The molecule has 0 heterocycles. The zero-order chi connectivity index (χ0) is 40.0. The topological polar surface area (TPSA) is 102 Å². The van der Waals surface area contributed by atoms with E-state index in [1.807, 2.05) is 0 Å². The van der Waals surface area contributed by atoms with Gasteiger partial charge in [-0.1, -0.05) is 140 Å². The van der Waals surface area contributed by atoms with Crippen LogP contribution in [-0.2, 0) is 28.6 Å². The summed E-state index contributed by atoms with van der Waals surface area (Å²) in [5.74, 6) is -1.79. The molecule has 0 fully saturated rings. The fourth-order valence-electron chi connectivity index (χ4n) is 6.34. The van der Waals surface area contributed by atoms with E-state index in [4.69, 9.17) is 14.2 Å². The molecule has 8 nitrogen and oxygen atoms in total. The zero-order valence-electron chi connectivity index (χ0n) is 35.6. The summed E-state index contributed by atoms with van der Waals surface area (Å²) in [5, 5.41) is 11.6. The van der Waals surface area contributed by atoms with Crippen LogP contribution >= 0.6 is 0 Å². The zero-order valence-corrected chi connectivity index (χ0v) is 35.6. The van der Waals surface area contributed by atoms with Crippen molar-refractivity contribution < 1.29 is 38.2 Å². The number of quaternary nitrogens is 1. The van der Waals surface area contributed by atoms with Gasteiger partial charge in [0.2, 0.25) is 0 Å². The van der Waals surface area contributed by atoms with Crippen molar-refractivity contribution in [1.82, 2.24) is 0 Å². The van der Waals surface area contributed by atoms with Crippen LogP contribution in [-0.4, -0.2) is 75.5 Å². The molecule has 8 heteroatoms. The molecular weight excluding hydrogens is 679 g/mol. The van der Waals surface area contributed by atoms with E-state index >= 15 is 0 Å². The summed E-state index contributed by atoms with van der Waals surface area (Å²) < 4.78 is 17.1. The maximum absolute atomic E-state index is 12.6. The van der Waals surface area contributed by atoms with Crippen molar-refractivity contribution in [3.05, 3.63) is 36.5 Å². The lowest BCUT2D eigenvalue weighted by Crippen LogP contribution is -2.55. The molecular formula is C46H83NO7. The number of hydrogen-bond donors (Lipinski definition) is 0. The van der Waals surface area contributed by atoms with E-state index in [0.717, 1.165) is 44.9 Å². The van der Waals surface area contributed by atoms with Crippen LogP contribution < -0.4 is 5.11 Å². The molecule has 2 unspecified atom stereocenters. The highest BCUT2D eigenvalue weighted by atomic mass is 16.6. The Morgan fingerprint density at radius 3 is 1.57 bits per heavy atom. The number of carboxylic acid groups (broad SMARTS) is 1. The summed E-state index contributed by atoms with van der Waals surface area (Å²) in [6.07, 6.45) is 42.0. The molecule has 0 aromatic heterocycles. The van der Waals surface area contributed by atoms with Crippen LogP contribution in [0, 0.1) is 0 Å². The van der Waals surface area contributed by atoms with Gasteiger partial charge in [0.1, 0.15) is 12.6 Å². The number of allylic oxidation sites excluding steroid dienone is 6. The summed E-state index contributed by atoms with van der Waals surface area (Å²) >= 11 is 0. The Bertz CT molecular complexity index is 984. The molecule has 0 saturated heterocycles. The van der Waals surface area contributed by atoms with Gasteiger partial charge in [0.15, 0.2) is 6.10 Å². The van der Waals surface area contributed by atoms with Crippen LogP contribution in [0.5, 0.6) is 0 Å². The molecule has 0 N–H and O–H groups in total. The molecule has 0 radical (unpaired) electrons. The molecule has 0 aliphatic carbocycles. The minimum Gasteiger partial charge on any atom is -0.544 e. The van der Waals surface area contributed by atoms with E-state index in [-0.39, 0.29) is 49.1 Å². The Kier molecular flexibility index (Phi) is 35.8. The fourth-order valence-corrected chi connectivity index (χ4v) is 6.34. The first-order chi connectivity index (χ1) is 26.1. The average molecular weight is 762 g/mol. The largest absolute Gasteiger partial charge is 0.544 e. The standard InChI is InChI=1S/C46H83NO7/c1-6-8-10-12-14-16-17-18-19-20-21-22-23-24-25-26-27-29-30-32-34-36-44(48)53-41-42(40-52-39-38-43(46(50)51)47(3,4)5)54-45(49)37-35-33-31-28-15-13-11-9-7-2/h9,11,15,22-23,28,42-43H,6-8,10,12-14,16-21,24-27,29-41H2,1-5H3/b11-9+,23-22+,28-15+. The number of carboxylic acids is 1. The van der Waals surface area contributed by atoms with Crippen molar-refractivity contribution in [2.24, 2.45) is 0 Å². The molecule has 0 saturated carbocycles. The molecule has 0 rings (SSSR count). The number of unbranched alkanes of at least 4 members (excludes halogenated alkanes) is 19. The predicted molar refractivity (Wildman–Crippen MR) is 222 cm³/mol. The molecule has 0 bridgehead atoms. The highest BCUT2D eigenvalue weighted by Crippen LogP contribution is 2.14. The number of carbonyl (C=O) groups excluding carboxylic acids is 3. The molecule has 0 aromatic carbocycles. The van der Waals surface area contributed by atoms with E-state index in [9.17, 15) is 19.5 Å². The number of ether oxygens (including phenoxy) is 3. The molecule has 54 heavy (non-hydrogen) atoms. The summed E-state index contributed by atoms with van der Waals surface area (Å²) in [6.45, 7) is 4.50. The minimum atomic E-state index is -1.13. The van der Waals surface area contributed by atoms with Gasteiger partial charge in [-0.2, -0.15) is 0 Å². The van der Waals surface area contributed by atoms with Crippen LogP contribution in [0.3, 0.4) is 0 Å². The second-order valence-electron chi connectivity index (χ2n) is 15.9. The Morgan fingerprint density at radius 1 is 0.574 bits per heavy atom. The van der Waals surface area contributed by atoms with Gasteiger partial charge in [0.05, 0.1) is 40.3 Å². The van der Waals surface area contributed by atoms with Crippen molar-refractivity contribution in [1.29, 1.82) is 0 Å². The van der Waals surface area contributed by atoms with Gasteiger partial charge in [-0.25, -0.2) is 0 Å². The Morgan fingerprint density at radius 2 is 1.04 bits per heavy atom. The van der Waals surface area contributed by atoms with Crippen molar-refractivity contribution in [2.75, 3.05) is 41.0 Å². The number of hydrogen-bond acceptors (Lipinski definition) is 7. The number of rotatable bonds is 39. The lowest BCUT2D eigenvalue weighted by Gasteiger charge is -2.34. The molecule has 0 aliphatic heterocycles. The summed E-state index contributed by atoms with van der Waals surface area (Å²) in [6, 6.07) is -0.730. The second-order valence-corrected chi connectivity index (χ2v) is 15.9. The Labute approximate surface area is 332 Å². The molecule has 0 aliphatic rings. The number of esters is 2. The lowest BCUT2D eigenvalue weighted by molar-refractivity contribution is -0.889. The first-order valence-corrected chi connectivity index (χ1v) is 22.0. The normalized spacial score (nSPS) is 13.3. The number of likely N-dealkylation sites (N-methyl/N-ethyl adjacent to an activating group) is 1. The molecule has 2 atom stereocenters. The Hall–Kier alpha value is -2.45. The summed E-state index contributed by atoms with van der Waals surface area (Å²) in [7, 11) is 5.39. The minimum absolute atomic E-state index is 0.0269. The maximum atomic E-state index is 12.6. The van der Waals surface area contributed by atoms with E-state index in [2.05, 4.69) is 50.3 Å². The third-order valence-electron chi connectivity index (χ3n) is 9.76. The smallest absolute Gasteiger partial charge is 0.306 e. The molecule has 314 valence electrons. The summed E-state index contributed by atoms with van der Waals surface area (Å²) in [4.78, 5) is 36.7. The molecule has 0 aromatic rings. The maximum Gasteiger partial charge on any atom is 0.306 e. The number of aliphatic carboxylic acids is 1. The van der Waals surface area contributed by atoms with Gasteiger partial charge in [-0.05, 0) is 64.2 Å². The van der Waals surface area contributed by atoms with Crippen LogP contribution in [0.2, 0.25) is 0 Å². The highest BCUT2D eigenvalue weighted by molar-refractivity contribution is 5.70. The number of carbonyl (C=O) groups is 3. The van der Waals surface area contributed by atoms with Crippen molar-refractivity contribution >= 4 is 17.9 Å². The van der Waals surface area contributed by atoms with Crippen molar-refractivity contribution in [3.8, 4) is 0 Å². The van der Waals surface area contributed by atoms with E-state index in [0.29, 0.717) is 12.8 Å². The van der Waals surface area contributed by atoms with Crippen LogP contribution in [0.1, 0.15) is 187 Å². The first kappa shape index (κ1) is 51.5. The third kappa shape index (κ3) is 35.3. The average Bonchev–Trinajstić information content (AvgIpc) is 3.12. The highest BCUT2D eigenvalue weighted by Gasteiger charge is 2.25. The van der Waals surface area contributed by atoms with Gasteiger partial charge in [0, 0.05) is 19.3 Å². The second kappa shape index (κ2) is 37.5. The van der Waals surface area contributed by atoms with Crippen LogP contribution in [0.15, 0.2) is 36.5 Å². The SMILES string of the molecule is CC/C=C/C/C=C/CCCCC(=O)OC(COCCC(C(=O)[O-])[N+](C)(C)C)COC(=O)CCCCCCCCC/C=C/CCCCCCCCCCCC. The van der Waals surface area contributed by atoms with Crippen LogP contribution in [0.4, 0.5) is 0 Å². The predicted octanol–water partition coefficient (Wildman–Crippen LogP) is 10.5. The molecule has 0 amide bonds. The number of nitrogens with zero attached hydrogens (tertiary/aromatic N) is 1. The quantitative estimate of drug-likeness (QED) is 0.0266. The fraction of sp³-hybridized carbons (Fsp3) is 0.804. The Balaban J connectivity index is 4.21. The van der Waals surface area contributed by atoms with Gasteiger partial charge < -0.3 is 28.6 Å². The third-order valence-corrected chi connectivity index (χ3v) is 9.76. The summed E-state index contributed by atoms with van der Waals surface area (Å²) in [5.41, 5.74) is 0. The van der Waals surface area contributed by atoms with Crippen molar-refractivity contribution in [3.63, 3.8) is 0 Å². The van der Waals surface area contributed by atoms with E-state index in [1.54, 1.807) is 21.1 Å². The van der Waals surface area contributed by atoms with Crippen molar-refractivity contribution in [2.45, 2.75) is 199 Å². The van der Waals surface area contributed by atoms with E-state index in [1.165, 1.54) is 103 Å². The monoisotopic (exact) mass is 762 g/mol.